The topological polar surface area (TPSA) is 32.3 Å². The lowest BCUT2D eigenvalue weighted by atomic mass is 9.73. The highest BCUT2D eigenvalue weighted by molar-refractivity contribution is 4.92. The molecule has 2 heteroatoms. The van der Waals surface area contributed by atoms with Crippen molar-refractivity contribution >= 4 is 0 Å². The number of likely N-dealkylation sites (N-methyl/N-ethyl adjacent to an activating group) is 1. The maximum Gasteiger partial charge on any atom is 0.0613 e. The van der Waals surface area contributed by atoms with Gasteiger partial charge in [0, 0.05) is 5.54 Å². The van der Waals surface area contributed by atoms with E-state index < -0.39 is 0 Å². The first kappa shape index (κ1) is 12.0. The van der Waals surface area contributed by atoms with Crippen LogP contribution < -0.4 is 5.32 Å². The van der Waals surface area contributed by atoms with Gasteiger partial charge in [-0.05, 0) is 44.1 Å². The summed E-state index contributed by atoms with van der Waals surface area (Å²) in [5.74, 6) is 1.67. The average Bonchev–Trinajstić information content (AvgIpc) is 2.19. The van der Waals surface area contributed by atoms with E-state index in [0.717, 1.165) is 31.2 Å². The fraction of sp³-hybridized carbons (Fsp3) is 1.00. The molecular formula is C12H25NO. The van der Waals surface area contributed by atoms with Gasteiger partial charge in [-0.3, -0.25) is 0 Å². The maximum absolute atomic E-state index is 9.44. The predicted molar refractivity (Wildman–Crippen MR) is 60.3 cm³/mol. The monoisotopic (exact) mass is 199 g/mol. The zero-order valence-electron chi connectivity index (χ0n) is 9.84. The Balaban J connectivity index is 2.46. The number of aliphatic hydroxyl groups is 1. The Bertz CT molecular complexity index is 160. The Morgan fingerprint density at radius 2 is 1.93 bits per heavy atom. The number of rotatable bonds is 4. The van der Waals surface area contributed by atoms with Gasteiger partial charge in [0.25, 0.3) is 0 Å². The van der Waals surface area contributed by atoms with Crippen molar-refractivity contribution in [1.82, 2.24) is 5.32 Å². The minimum atomic E-state index is 0.0418. The van der Waals surface area contributed by atoms with Crippen molar-refractivity contribution in [2.75, 3.05) is 13.2 Å². The normalized spacial score (nSPS) is 33.6. The number of hydrogen-bond donors (Lipinski definition) is 2. The first-order chi connectivity index (χ1) is 6.63. The molecule has 2 nitrogen and oxygen atoms in total. The van der Waals surface area contributed by atoms with E-state index in [-0.39, 0.29) is 5.54 Å². The van der Waals surface area contributed by atoms with Gasteiger partial charge in [-0.25, -0.2) is 0 Å². The van der Waals surface area contributed by atoms with Crippen LogP contribution in [0.4, 0.5) is 0 Å². The zero-order chi connectivity index (χ0) is 10.6. The minimum Gasteiger partial charge on any atom is -0.394 e. The van der Waals surface area contributed by atoms with Gasteiger partial charge in [0.05, 0.1) is 6.61 Å². The van der Waals surface area contributed by atoms with E-state index in [9.17, 15) is 5.11 Å². The van der Waals surface area contributed by atoms with Crippen molar-refractivity contribution in [2.24, 2.45) is 11.8 Å². The molecule has 0 saturated heterocycles. The smallest absolute Gasteiger partial charge is 0.0613 e. The molecule has 0 aromatic heterocycles. The number of hydrogen-bond acceptors (Lipinski definition) is 2. The molecule has 84 valence electrons. The van der Waals surface area contributed by atoms with Crippen LogP contribution in [0.2, 0.25) is 0 Å². The Kier molecular flexibility index (Phi) is 4.39. The van der Waals surface area contributed by atoms with Gasteiger partial charge in [-0.1, -0.05) is 20.8 Å². The van der Waals surface area contributed by atoms with E-state index in [0.29, 0.717) is 6.61 Å². The van der Waals surface area contributed by atoms with Crippen LogP contribution in [0.1, 0.15) is 46.5 Å². The predicted octanol–water partition coefficient (Wildman–Crippen LogP) is 2.17. The molecular weight excluding hydrogens is 174 g/mol. The molecule has 1 saturated carbocycles. The fourth-order valence-corrected chi connectivity index (χ4v) is 2.63. The highest BCUT2D eigenvalue weighted by Crippen LogP contribution is 2.35. The van der Waals surface area contributed by atoms with Gasteiger partial charge >= 0.3 is 0 Å². The number of nitrogens with one attached hydrogen (secondary N) is 1. The van der Waals surface area contributed by atoms with E-state index in [2.05, 4.69) is 26.1 Å². The second kappa shape index (κ2) is 5.13. The van der Waals surface area contributed by atoms with E-state index in [4.69, 9.17) is 0 Å². The standard InChI is InChI=1S/C12H25NO/c1-4-13-12(9-14)7-5-11(6-8-12)10(2)3/h10-11,13-14H,4-9H2,1-3H3. The molecule has 1 aliphatic carbocycles. The summed E-state index contributed by atoms with van der Waals surface area (Å²) < 4.78 is 0. The minimum absolute atomic E-state index is 0.0418. The molecule has 0 unspecified atom stereocenters. The fourth-order valence-electron chi connectivity index (χ4n) is 2.63. The van der Waals surface area contributed by atoms with Gasteiger partial charge in [-0.2, -0.15) is 0 Å². The highest BCUT2D eigenvalue weighted by atomic mass is 16.3. The van der Waals surface area contributed by atoms with Crippen molar-refractivity contribution in [2.45, 2.75) is 52.0 Å². The number of aliphatic hydroxyl groups excluding tert-OH is 1. The Morgan fingerprint density at radius 3 is 2.29 bits per heavy atom. The van der Waals surface area contributed by atoms with Crippen molar-refractivity contribution in [1.29, 1.82) is 0 Å². The third-order valence-electron chi connectivity index (χ3n) is 3.78. The van der Waals surface area contributed by atoms with Crippen LogP contribution in [0, 0.1) is 11.8 Å². The van der Waals surface area contributed by atoms with Crippen molar-refractivity contribution in [3.63, 3.8) is 0 Å². The van der Waals surface area contributed by atoms with Gasteiger partial charge in [-0.15, -0.1) is 0 Å². The van der Waals surface area contributed by atoms with Crippen LogP contribution in [-0.2, 0) is 0 Å². The molecule has 14 heavy (non-hydrogen) atoms. The van der Waals surface area contributed by atoms with Gasteiger partial charge in [0.15, 0.2) is 0 Å². The van der Waals surface area contributed by atoms with E-state index in [1.807, 2.05) is 0 Å². The van der Waals surface area contributed by atoms with Gasteiger partial charge in [0.2, 0.25) is 0 Å². The molecule has 0 radical (unpaired) electrons. The molecule has 0 aliphatic heterocycles. The zero-order valence-corrected chi connectivity index (χ0v) is 9.84. The van der Waals surface area contributed by atoms with Crippen LogP contribution in [0.3, 0.4) is 0 Å². The van der Waals surface area contributed by atoms with E-state index >= 15 is 0 Å². The van der Waals surface area contributed by atoms with Crippen LogP contribution in [0.5, 0.6) is 0 Å². The largest absolute Gasteiger partial charge is 0.394 e. The molecule has 2 N–H and O–H groups in total. The summed E-state index contributed by atoms with van der Waals surface area (Å²) in [5, 5.41) is 12.9. The van der Waals surface area contributed by atoms with Crippen LogP contribution in [0.15, 0.2) is 0 Å². The van der Waals surface area contributed by atoms with Crippen molar-refractivity contribution < 1.29 is 5.11 Å². The Hall–Kier alpha value is -0.0800. The first-order valence-electron chi connectivity index (χ1n) is 5.99. The molecule has 0 aromatic rings. The third kappa shape index (κ3) is 2.71. The van der Waals surface area contributed by atoms with Crippen LogP contribution >= 0.6 is 0 Å². The average molecular weight is 199 g/mol. The Morgan fingerprint density at radius 1 is 1.36 bits per heavy atom. The van der Waals surface area contributed by atoms with E-state index in [1.54, 1.807) is 0 Å². The molecule has 0 atom stereocenters. The summed E-state index contributed by atoms with van der Waals surface area (Å²) in [6.45, 7) is 8.00. The van der Waals surface area contributed by atoms with E-state index in [1.165, 1.54) is 12.8 Å². The Labute approximate surface area is 88.1 Å². The molecule has 0 bridgehead atoms. The van der Waals surface area contributed by atoms with Crippen LogP contribution in [-0.4, -0.2) is 23.8 Å². The van der Waals surface area contributed by atoms with Gasteiger partial charge in [0.1, 0.15) is 0 Å². The molecule has 0 heterocycles. The molecule has 0 spiro atoms. The molecule has 0 amide bonds. The SMILES string of the molecule is CCNC1(CO)CCC(C(C)C)CC1. The summed E-state index contributed by atoms with van der Waals surface area (Å²) in [4.78, 5) is 0. The molecule has 1 fully saturated rings. The highest BCUT2D eigenvalue weighted by Gasteiger charge is 2.34. The summed E-state index contributed by atoms with van der Waals surface area (Å²) in [6, 6.07) is 0. The lowest BCUT2D eigenvalue weighted by molar-refractivity contribution is 0.0928. The van der Waals surface area contributed by atoms with Crippen molar-refractivity contribution in [3.05, 3.63) is 0 Å². The lowest BCUT2D eigenvalue weighted by Crippen LogP contribution is -2.51. The lowest BCUT2D eigenvalue weighted by Gasteiger charge is -2.40. The second-order valence-electron chi connectivity index (χ2n) is 5.05. The second-order valence-corrected chi connectivity index (χ2v) is 5.05. The van der Waals surface area contributed by atoms with Crippen molar-refractivity contribution in [3.8, 4) is 0 Å². The summed E-state index contributed by atoms with van der Waals surface area (Å²) in [7, 11) is 0. The molecule has 1 rings (SSSR count). The summed E-state index contributed by atoms with van der Waals surface area (Å²) in [6.07, 6.45) is 4.82. The van der Waals surface area contributed by atoms with Gasteiger partial charge < -0.3 is 10.4 Å². The quantitative estimate of drug-likeness (QED) is 0.727. The molecule has 1 aliphatic rings. The first-order valence-corrected chi connectivity index (χ1v) is 5.99. The maximum atomic E-state index is 9.44. The third-order valence-corrected chi connectivity index (χ3v) is 3.78. The summed E-state index contributed by atoms with van der Waals surface area (Å²) >= 11 is 0. The summed E-state index contributed by atoms with van der Waals surface area (Å²) in [5.41, 5.74) is 0.0418. The molecule has 0 aromatic carbocycles. The van der Waals surface area contributed by atoms with Crippen LogP contribution in [0.25, 0.3) is 0 Å².